The molecule has 9 heteroatoms. The van der Waals surface area contributed by atoms with Crippen LogP contribution in [0.3, 0.4) is 0 Å². The summed E-state index contributed by atoms with van der Waals surface area (Å²) in [7, 11) is 1.38. The number of H-pyrrole nitrogens is 1. The second kappa shape index (κ2) is 5.57. The zero-order valence-corrected chi connectivity index (χ0v) is 10.8. The van der Waals surface area contributed by atoms with Crippen molar-refractivity contribution in [2.24, 2.45) is 0 Å². The van der Waals surface area contributed by atoms with Gasteiger partial charge in [0, 0.05) is 11.6 Å². The van der Waals surface area contributed by atoms with Crippen LogP contribution in [-0.4, -0.2) is 21.6 Å². The Kier molecular flexibility index (Phi) is 3.83. The quantitative estimate of drug-likeness (QED) is 0.658. The Labute approximate surface area is 116 Å². The van der Waals surface area contributed by atoms with Crippen molar-refractivity contribution < 1.29 is 14.1 Å². The molecule has 0 amide bonds. The number of aromatic nitrogens is 2. The molecular weight excluding hydrogens is 285 g/mol. The first kappa shape index (κ1) is 14.4. The molecule has 0 bridgehead atoms. The fourth-order valence-electron chi connectivity index (χ4n) is 1.71. The molecule has 0 aliphatic heterocycles. The molecule has 8 nitrogen and oxygen atoms in total. The maximum atomic E-state index is 13.8. The number of ether oxygens (including phenoxy) is 1. The van der Waals surface area contributed by atoms with Crippen molar-refractivity contribution in [1.82, 2.24) is 9.55 Å². The van der Waals surface area contributed by atoms with Crippen LogP contribution in [0, 0.1) is 15.9 Å². The van der Waals surface area contributed by atoms with Gasteiger partial charge in [0.1, 0.15) is 11.6 Å². The number of benzene rings is 1. The number of rotatable bonds is 4. The van der Waals surface area contributed by atoms with Crippen LogP contribution in [0.15, 0.2) is 34.0 Å². The fourth-order valence-corrected chi connectivity index (χ4v) is 1.71. The van der Waals surface area contributed by atoms with Gasteiger partial charge in [-0.1, -0.05) is 6.07 Å². The minimum absolute atomic E-state index is 0.124. The topological polar surface area (TPSA) is 107 Å². The Bertz CT molecular complexity index is 811. The number of nitro groups is 1. The van der Waals surface area contributed by atoms with Crippen molar-refractivity contribution in [2.75, 3.05) is 7.11 Å². The molecule has 0 aliphatic carbocycles. The van der Waals surface area contributed by atoms with Crippen molar-refractivity contribution in [3.05, 3.63) is 66.7 Å². The maximum Gasteiger partial charge on any atom is 0.350 e. The summed E-state index contributed by atoms with van der Waals surface area (Å²) in [5.74, 6) is -0.328. The summed E-state index contributed by atoms with van der Waals surface area (Å²) in [6.07, 6.45) is 0.783. The van der Waals surface area contributed by atoms with Crippen LogP contribution in [-0.2, 0) is 6.54 Å². The van der Waals surface area contributed by atoms with Crippen molar-refractivity contribution in [3.8, 4) is 5.75 Å². The van der Waals surface area contributed by atoms with E-state index in [0.717, 1.165) is 16.8 Å². The van der Waals surface area contributed by atoms with Crippen LogP contribution in [0.1, 0.15) is 5.56 Å². The van der Waals surface area contributed by atoms with Gasteiger partial charge >= 0.3 is 16.9 Å². The summed E-state index contributed by atoms with van der Waals surface area (Å²) in [5.41, 5.74) is -2.62. The van der Waals surface area contributed by atoms with Gasteiger partial charge in [-0.3, -0.25) is 24.5 Å². The van der Waals surface area contributed by atoms with Gasteiger partial charge in [0.2, 0.25) is 0 Å². The molecule has 1 aromatic heterocycles. The van der Waals surface area contributed by atoms with E-state index in [9.17, 15) is 24.1 Å². The number of nitrogens with zero attached hydrogens (tertiary/aromatic N) is 2. The lowest BCUT2D eigenvalue weighted by Crippen LogP contribution is -2.31. The van der Waals surface area contributed by atoms with E-state index >= 15 is 0 Å². The normalized spacial score (nSPS) is 10.4. The molecule has 1 heterocycles. The second-order valence-corrected chi connectivity index (χ2v) is 4.12. The Morgan fingerprint density at radius 1 is 1.43 bits per heavy atom. The van der Waals surface area contributed by atoms with Crippen LogP contribution in [0.25, 0.3) is 0 Å². The average molecular weight is 295 g/mol. The van der Waals surface area contributed by atoms with E-state index in [1.54, 1.807) is 0 Å². The van der Waals surface area contributed by atoms with Crippen molar-refractivity contribution in [3.63, 3.8) is 0 Å². The first-order chi connectivity index (χ1) is 9.92. The van der Waals surface area contributed by atoms with E-state index in [-0.39, 0.29) is 12.1 Å². The smallest absolute Gasteiger partial charge is 0.350 e. The highest BCUT2D eigenvalue weighted by Gasteiger charge is 2.15. The molecule has 0 unspecified atom stereocenters. The first-order valence-electron chi connectivity index (χ1n) is 5.73. The molecule has 1 N–H and O–H groups in total. The number of aromatic amines is 1. The molecule has 21 heavy (non-hydrogen) atoms. The lowest BCUT2D eigenvalue weighted by Gasteiger charge is -2.07. The zero-order chi connectivity index (χ0) is 15.6. The minimum atomic E-state index is -1.10. The Morgan fingerprint density at radius 2 is 2.14 bits per heavy atom. The van der Waals surface area contributed by atoms with E-state index in [2.05, 4.69) is 0 Å². The molecule has 0 atom stereocenters. The van der Waals surface area contributed by atoms with Crippen molar-refractivity contribution in [1.29, 1.82) is 0 Å². The van der Waals surface area contributed by atoms with Gasteiger partial charge < -0.3 is 4.74 Å². The number of hydrogen-bond donors (Lipinski definition) is 1. The molecular formula is C12H10FN3O5. The number of halogens is 1. The monoisotopic (exact) mass is 295 g/mol. The van der Waals surface area contributed by atoms with Crippen molar-refractivity contribution >= 4 is 5.69 Å². The third-order valence-corrected chi connectivity index (χ3v) is 2.79. The molecule has 0 aliphatic rings. The van der Waals surface area contributed by atoms with E-state index in [1.807, 2.05) is 4.98 Å². The molecule has 0 saturated heterocycles. The standard InChI is InChI=1S/C12H10FN3O5/c1-21-8-3-2-7(9(13)4-8)5-15-6-10(16(19)20)11(17)14-12(15)18/h2-4,6H,5H2,1H3,(H,14,17,18). The molecule has 0 spiro atoms. The zero-order valence-electron chi connectivity index (χ0n) is 10.8. The summed E-state index contributed by atoms with van der Waals surface area (Å²) in [4.78, 5) is 34.4. The number of nitrogens with one attached hydrogen (secondary N) is 1. The van der Waals surface area contributed by atoms with E-state index in [4.69, 9.17) is 4.74 Å². The largest absolute Gasteiger partial charge is 0.497 e. The highest BCUT2D eigenvalue weighted by molar-refractivity contribution is 5.29. The van der Waals surface area contributed by atoms with E-state index < -0.39 is 27.7 Å². The van der Waals surface area contributed by atoms with Crippen molar-refractivity contribution in [2.45, 2.75) is 6.54 Å². The second-order valence-electron chi connectivity index (χ2n) is 4.12. The lowest BCUT2D eigenvalue weighted by atomic mass is 10.2. The Hall–Kier alpha value is -2.97. The summed E-state index contributed by atoms with van der Waals surface area (Å²) in [6, 6.07) is 4.00. The predicted molar refractivity (Wildman–Crippen MR) is 70.0 cm³/mol. The highest BCUT2D eigenvalue weighted by atomic mass is 19.1. The summed E-state index contributed by atoms with van der Waals surface area (Å²) >= 11 is 0. The molecule has 0 radical (unpaired) electrons. The van der Waals surface area contributed by atoms with Gasteiger partial charge in [0.15, 0.2) is 0 Å². The third-order valence-electron chi connectivity index (χ3n) is 2.79. The molecule has 1 aromatic carbocycles. The van der Waals surface area contributed by atoms with E-state index in [0.29, 0.717) is 5.75 Å². The Balaban J connectivity index is 2.44. The maximum absolute atomic E-state index is 13.8. The van der Waals surface area contributed by atoms with Gasteiger partial charge in [-0.2, -0.15) is 0 Å². The summed E-state index contributed by atoms with van der Waals surface area (Å²) in [5, 5.41) is 10.7. The third kappa shape index (κ3) is 2.96. The highest BCUT2D eigenvalue weighted by Crippen LogP contribution is 2.16. The van der Waals surface area contributed by atoms with Crippen LogP contribution in [0.4, 0.5) is 10.1 Å². The first-order valence-corrected chi connectivity index (χ1v) is 5.73. The van der Waals surface area contributed by atoms with Crippen LogP contribution < -0.4 is 16.0 Å². The fraction of sp³-hybridized carbons (Fsp3) is 0.167. The molecule has 0 saturated carbocycles. The number of methoxy groups -OCH3 is 1. The van der Waals surface area contributed by atoms with Gasteiger partial charge in [0.25, 0.3) is 0 Å². The summed E-state index contributed by atoms with van der Waals surface area (Å²) < 4.78 is 19.5. The summed E-state index contributed by atoms with van der Waals surface area (Å²) in [6.45, 7) is -0.258. The molecule has 110 valence electrons. The van der Waals surface area contributed by atoms with Gasteiger partial charge in [-0.05, 0) is 6.07 Å². The number of hydrogen-bond acceptors (Lipinski definition) is 5. The van der Waals surface area contributed by atoms with Gasteiger partial charge in [-0.25, -0.2) is 9.18 Å². The van der Waals surface area contributed by atoms with Crippen LogP contribution in [0.2, 0.25) is 0 Å². The van der Waals surface area contributed by atoms with Gasteiger partial charge in [0.05, 0.1) is 24.8 Å². The molecule has 0 fully saturated rings. The molecule has 2 aromatic rings. The lowest BCUT2D eigenvalue weighted by molar-refractivity contribution is -0.386. The SMILES string of the molecule is COc1ccc(Cn2cc([N+](=O)[O-])c(=O)[nH]c2=O)c(F)c1. The average Bonchev–Trinajstić information content (AvgIpc) is 2.43. The predicted octanol–water partition coefficient (Wildman–Crippen LogP) is 0.641. The van der Waals surface area contributed by atoms with Gasteiger partial charge in [-0.15, -0.1) is 0 Å². The van der Waals surface area contributed by atoms with Crippen LogP contribution in [0.5, 0.6) is 5.75 Å². The minimum Gasteiger partial charge on any atom is -0.497 e. The Morgan fingerprint density at radius 3 is 2.71 bits per heavy atom. The van der Waals surface area contributed by atoms with Crippen LogP contribution >= 0.6 is 0 Å². The molecule has 2 rings (SSSR count). The van der Waals surface area contributed by atoms with E-state index in [1.165, 1.54) is 19.2 Å².